The van der Waals surface area contributed by atoms with Crippen LogP contribution in [-0.2, 0) is 0 Å². The highest BCUT2D eigenvalue weighted by atomic mass is 35.5. The van der Waals surface area contributed by atoms with Crippen LogP contribution in [0.15, 0.2) is 108 Å². The molecule has 162 valence electrons. The van der Waals surface area contributed by atoms with Crippen molar-refractivity contribution in [3.63, 3.8) is 0 Å². The molecule has 0 bridgehead atoms. The van der Waals surface area contributed by atoms with Gasteiger partial charge in [0.2, 0.25) is 0 Å². The van der Waals surface area contributed by atoms with E-state index in [4.69, 9.17) is 11.6 Å². The predicted octanol–water partition coefficient (Wildman–Crippen LogP) is 5.86. The second-order valence-electron chi connectivity index (χ2n) is 7.64. The summed E-state index contributed by atoms with van der Waals surface area (Å²) in [7, 11) is 0. The minimum atomic E-state index is -0.988. The molecule has 0 radical (unpaired) electrons. The van der Waals surface area contributed by atoms with Gasteiger partial charge in [-0.25, -0.2) is 0 Å². The van der Waals surface area contributed by atoms with Crippen LogP contribution in [0.3, 0.4) is 0 Å². The van der Waals surface area contributed by atoms with E-state index in [0.29, 0.717) is 33.0 Å². The van der Waals surface area contributed by atoms with E-state index in [-0.39, 0.29) is 5.43 Å². The van der Waals surface area contributed by atoms with E-state index in [9.17, 15) is 9.90 Å². The van der Waals surface area contributed by atoms with Crippen molar-refractivity contribution in [3.8, 4) is 5.69 Å². The Balaban J connectivity index is 1.73. The number of halogens is 1. The van der Waals surface area contributed by atoms with Gasteiger partial charge in [0.05, 0.1) is 16.6 Å². The van der Waals surface area contributed by atoms with Crippen LogP contribution in [-0.4, -0.2) is 14.7 Å². The van der Waals surface area contributed by atoms with Crippen LogP contribution < -0.4 is 10.7 Å². The molecule has 0 fully saturated rings. The third-order valence-electron chi connectivity index (χ3n) is 5.42. The molecule has 5 aromatic rings. The smallest absolute Gasteiger partial charge is 0.193 e. The number of hydrogen-bond donors (Lipinski definition) is 2. The molecule has 0 aliphatic rings. The first-order valence-electron chi connectivity index (χ1n) is 10.5. The molecule has 33 heavy (non-hydrogen) atoms. The van der Waals surface area contributed by atoms with Crippen LogP contribution in [0.2, 0.25) is 5.02 Å². The maximum Gasteiger partial charge on any atom is 0.193 e. The molecule has 5 rings (SSSR count). The number of aromatic nitrogens is 2. The number of aliphatic hydroxyl groups is 1. The molecule has 0 aliphatic heterocycles. The van der Waals surface area contributed by atoms with Gasteiger partial charge >= 0.3 is 0 Å². The van der Waals surface area contributed by atoms with Crippen LogP contribution in [0.1, 0.15) is 17.4 Å². The summed E-state index contributed by atoms with van der Waals surface area (Å²) in [4.78, 5) is 17.4. The van der Waals surface area contributed by atoms with E-state index in [0.717, 1.165) is 11.4 Å². The Morgan fingerprint density at radius 2 is 1.61 bits per heavy atom. The van der Waals surface area contributed by atoms with Crippen molar-refractivity contribution >= 4 is 34.0 Å². The Morgan fingerprint density at radius 1 is 0.879 bits per heavy atom. The molecule has 3 aromatic carbocycles. The molecule has 0 amide bonds. The SMILES string of the molecule is O=c1cc(Nc2ccccc2)n(-c2ccccc2)c2cc(C(O)c3cccc(Cl)c3)ncc12. The van der Waals surface area contributed by atoms with Crippen molar-refractivity contribution in [3.05, 3.63) is 130 Å². The molecule has 2 N–H and O–H groups in total. The van der Waals surface area contributed by atoms with Crippen LogP contribution in [0.4, 0.5) is 11.5 Å². The first-order valence-corrected chi connectivity index (χ1v) is 10.8. The van der Waals surface area contributed by atoms with Gasteiger partial charge in [-0.15, -0.1) is 0 Å². The van der Waals surface area contributed by atoms with E-state index < -0.39 is 6.10 Å². The number of anilines is 2. The zero-order valence-corrected chi connectivity index (χ0v) is 18.3. The van der Waals surface area contributed by atoms with Gasteiger partial charge in [0.1, 0.15) is 11.9 Å². The lowest BCUT2D eigenvalue weighted by molar-refractivity contribution is 0.215. The summed E-state index contributed by atoms with van der Waals surface area (Å²) in [6.07, 6.45) is 0.533. The summed E-state index contributed by atoms with van der Waals surface area (Å²) >= 11 is 6.11. The van der Waals surface area contributed by atoms with Crippen molar-refractivity contribution in [2.24, 2.45) is 0 Å². The summed E-state index contributed by atoms with van der Waals surface area (Å²) in [6, 6.07) is 29.8. The summed E-state index contributed by atoms with van der Waals surface area (Å²) < 4.78 is 1.96. The maximum atomic E-state index is 13.0. The Hall–Kier alpha value is -3.93. The number of hydrogen-bond acceptors (Lipinski definition) is 4. The van der Waals surface area contributed by atoms with Crippen molar-refractivity contribution in [2.75, 3.05) is 5.32 Å². The quantitative estimate of drug-likeness (QED) is 0.349. The number of fused-ring (bicyclic) bond motifs is 1. The van der Waals surface area contributed by atoms with Gasteiger partial charge in [0.25, 0.3) is 0 Å². The molecule has 2 heterocycles. The largest absolute Gasteiger partial charge is 0.382 e. The number of benzene rings is 3. The van der Waals surface area contributed by atoms with Gasteiger partial charge in [0.15, 0.2) is 5.43 Å². The highest BCUT2D eigenvalue weighted by Crippen LogP contribution is 2.28. The molecular formula is C27H20ClN3O2. The van der Waals surface area contributed by atoms with Gasteiger partial charge in [-0.3, -0.25) is 14.3 Å². The van der Waals surface area contributed by atoms with Crippen molar-refractivity contribution < 1.29 is 5.11 Å². The second-order valence-corrected chi connectivity index (χ2v) is 8.08. The summed E-state index contributed by atoms with van der Waals surface area (Å²) in [5.41, 5.74) is 3.25. The molecule has 0 saturated carbocycles. The predicted molar refractivity (Wildman–Crippen MR) is 133 cm³/mol. The number of pyridine rings is 2. The first kappa shape index (κ1) is 20.9. The van der Waals surface area contributed by atoms with Crippen LogP contribution >= 0.6 is 11.6 Å². The average Bonchev–Trinajstić information content (AvgIpc) is 2.84. The number of rotatable bonds is 5. The molecule has 2 aromatic heterocycles. The number of para-hydroxylation sites is 2. The third kappa shape index (κ3) is 4.24. The van der Waals surface area contributed by atoms with Gasteiger partial charge < -0.3 is 10.4 Å². The van der Waals surface area contributed by atoms with Gasteiger partial charge in [-0.1, -0.05) is 60.1 Å². The van der Waals surface area contributed by atoms with Gasteiger partial charge in [-0.2, -0.15) is 0 Å². The fourth-order valence-electron chi connectivity index (χ4n) is 3.84. The topological polar surface area (TPSA) is 67.2 Å². The molecule has 0 spiro atoms. The molecule has 0 saturated heterocycles. The monoisotopic (exact) mass is 453 g/mol. The van der Waals surface area contributed by atoms with E-state index >= 15 is 0 Å². The van der Waals surface area contributed by atoms with Crippen molar-refractivity contribution in [1.29, 1.82) is 0 Å². The Morgan fingerprint density at radius 3 is 2.33 bits per heavy atom. The van der Waals surface area contributed by atoms with E-state index in [2.05, 4.69) is 10.3 Å². The normalized spacial score (nSPS) is 11.9. The lowest BCUT2D eigenvalue weighted by Gasteiger charge is -2.19. The van der Waals surface area contributed by atoms with Crippen LogP contribution in [0, 0.1) is 0 Å². The van der Waals surface area contributed by atoms with Gasteiger partial charge in [0, 0.05) is 28.7 Å². The molecule has 6 heteroatoms. The van der Waals surface area contributed by atoms with Crippen LogP contribution in [0.5, 0.6) is 0 Å². The number of nitrogens with zero attached hydrogens (tertiary/aromatic N) is 2. The molecule has 1 unspecified atom stereocenters. The lowest BCUT2D eigenvalue weighted by Crippen LogP contribution is -2.14. The van der Waals surface area contributed by atoms with E-state index in [1.807, 2.05) is 65.2 Å². The van der Waals surface area contributed by atoms with E-state index in [1.165, 1.54) is 6.20 Å². The summed E-state index contributed by atoms with van der Waals surface area (Å²) in [6.45, 7) is 0. The Bertz CT molecular complexity index is 1480. The minimum Gasteiger partial charge on any atom is -0.382 e. The van der Waals surface area contributed by atoms with Crippen LogP contribution in [0.25, 0.3) is 16.6 Å². The molecular weight excluding hydrogens is 434 g/mol. The maximum absolute atomic E-state index is 13.0. The lowest BCUT2D eigenvalue weighted by atomic mass is 10.0. The third-order valence-corrected chi connectivity index (χ3v) is 5.66. The highest BCUT2D eigenvalue weighted by molar-refractivity contribution is 6.30. The highest BCUT2D eigenvalue weighted by Gasteiger charge is 2.17. The second kappa shape index (κ2) is 8.90. The zero-order chi connectivity index (χ0) is 22.8. The fraction of sp³-hybridized carbons (Fsp3) is 0.0370. The van der Waals surface area contributed by atoms with Crippen molar-refractivity contribution in [1.82, 2.24) is 9.55 Å². The van der Waals surface area contributed by atoms with E-state index in [1.54, 1.807) is 36.4 Å². The average molecular weight is 454 g/mol. The number of nitrogens with one attached hydrogen (secondary N) is 1. The summed E-state index contributed by atoms with van der Waals surface area (Å²) in [5, 5.41) is 15.3. The molecule has 0 aliphatic carbocycles. The Labute approximate surface area is 195 Å². The fourth-order valence-corrected chi connectivity index (χ4v) is 4.04. The number of aliphatic hydroxyl groups excluding tert-OH is 1. The Kier molecular flexibility index (Phi) is 5.65. The molecule has 1 atom stereocenters. The molecule has 5 nitrogen and oxygen atoms in total. The minimum absolute atomic E-state index is 0.160. The van der Waals surface area contributed by atoms with Crippen molar-refractivity contribution in [2.45, 2.75) is 6.10 Å². The summed E-state index contributed by atoms with van der Waals surface area (Å²) in [5.74, 6) is 0.610. The van der Waals surface area contributed by atoms with Gasteiger partial charge in [-0.05, 0) is 48.0 Å². The standard InChI is InChI=1S/C27H20ClN3O2/c28-19-9-7-8-18(14-19)27(33)23-15-24-22(17-29-23)25(32)16-26(30-20-10-3-1-4-11-20)31(24)21-12-5-2-6-13-21/h1-17,27,30,33H. The zero-order valence-electron chi connectivity index (χ0n) is 17.5. The first-order chi connectivity index (χ1) is 16.1.